The summed E-state index contributed by atoms with van der Waals surface area (Å²) in [4.78, 5) is 19.4. The number of methoxy groups -OCH3 is 1. The highest BCUT2D eigenvalue weighted by Crippen LogP contribution is 2.26. The zero-order chi connectivity index (χ0) is 21.1. The average Bonchev–Trinajstić information content (AvgIpc) is 3.23. The van der Waals surface area contributed by atoms with E-state index in [1.807, 2.05) is 55.1 Å². The molecule has 0 bridgehead atoms. The van der Waals surface area contributed by atoms with Crippen LogP contribution in [0.25, 0.3) is 11.4 Å². The van der Waals surface area contributed by atoms with Gasteiger partial charge in [0.2, 0.25) is 11.7 Å². The number of benzene rings is 2. The molecule has 1 N–H and O–H groups in total. The van der Waals surface area contributed by atoms with Crippen molar-refractivity contribution < 1.29 is 14.1 Å². The number of anilines is 2. The van der Waals surface area contributed by atoms with Crippen LogP contribution in [0.5, 0.6) is 5.75 Å². The molecule has 1 unspecified atom stereocenters. The van der Waals surface area contributed by atoms with Gasteiger partial charge in [0.15, 0.2) is 0 Å². The number of carbonyl (C=O) groups excluding carboxylic acids is 1. The zero-order valence-electron chi connectivity index (χ0n) is 17.5. The number of rotatable bonds is 5. The molecule has 30 heavy (non-hydrogen) atoms. The number of amides is 1. The third-order valence-electron chi connectivity index (χ3n) is 5.32. The lowest BCUT2D eigenvalue weighted by Crippen LogP contribution is -2.41. The Kier molecular flexibility index (Phi) is 5.70. The van der Waals surface area contributed by atoms with Gasteiger partial charge >= 0.3 is 6.01 Å². The summed E-state index contributed by atoms with van der Waals surface area (Å²) in [6, 6.07) is 14.0. The fourth-order valence-corrected chi connectivity index (χ4v) is 3.86. The molecule has 1 amide bonds. The second-order valence-corrected chi connectivity index (χ2v) is 7.78. The molecule has 2 aromatic carbocycles. The van der Waals surface area contributed by atoms with E-state index in [0.29, 0.717) is 18.4 Å². The molecule has 4 rings (SSSR count). The van der Waals surface area contributed by atoms with Gasteiger partial charge in [-0.15, -0.1) is 0 Å². The van der Waals surface area contributed by atoms with Crippen LogP contribution in [0.4, 0.5) is 11.7 Å². The van der Waals surface area contributed by atoms with Gasteiger partial charge in [0.1, 0.15) is 5.75 Å². The predicted molar refractivity (Wildman–Crippen MR) is 116 cm³/mol. The topological polar surface area (TPSA) is 80.5 Å². The third kappa shape index (κ3) is 4.45. The number of hydrogen-bond donors (Lipinski definition) is 1. The molecule has 3 aromatic rings. The lowest BCUT2D eigenvalue weighted by Gasteiger charge is -2.30. The molecule has 7 nitrogen and oxygen atoms in total. The Hall–Kier alpha value is -3.35. The summed E-state index contributed by atoms with van der Waals surface area (Å²) >= 11 is 0. The highest BCUT2D eigenvalue weighted by atomic mass is 16.5. The Bertz CT molecular complexity index is 1010. The number of hydrogen-bond acceptors (Lipinski definition) is 6. The van der Waals surface area contributed by atoms with E-state index in [1.54, 1.807) is 7.11 Å². The van der Waals surface area contributed by atoms with E-state index in [2.05, 4.69) is 21.5 Å². The zero-order valence-corrected chi connectivity index (χ0v) is 17.5. The molecule has 0 saturated carbocycles. The number of carbonyl (C=O) groups is 1. The highest BCUT2D eigenvalue weighted by Gasteiger charge is 2.29. The Morgan fingerprint density at radius 1 is 1.17 bits per heavy atom. The second kappa shape index (κ2) is 8.57. The molecule has 1 saturated heterocycles. The summed E-state index contributed by atoms with van der Waals surface area (Å²) in [5, 5.41) is 7.17. The Balaban J connectivity index is 1.43. The molecule has 156 valence electrons. The number of ether oxygens (including phenoxy) is 1. The van der Waals surface area contributed by atoms with Crippen LogP contribution >= 0.6 is 0 Å². The van der Waals surface area contributed by atoms with Gasteiger partial charge in [-0.25, -0.2) is 0 Å². The first-order chi connectivity index (χ1) is 14.5. The molecular formula is C23H26N4O3. The van der Waals surface area contributed by atoms with Gasteiger partial charge in [-0.1, -0.05) is 11.2 Å². The van der Waals surface area contributed by atoms with Crippen molar-refractivity contribution in [2.75, 3.05) is 30.4 Å². The summed E-state index contributed by atoms with van der Waals surface area (Å²) < 4.78 is 10.7. The van der Waals surface area contributed by atoms with Crippen LogP contribution in [0.1, 0.15) is 24.0 Å². The van der Waals surface area contributed by atoms with E-state index < -0.39 is 0 Å². The third-order valence-corrected chi connectivity index (χ3v) is 5.32. The lowest BCUT2D eigenvalue weighted by atomic mass is 9.97. The fourth-order valence-electron chi connectivity index (χ4n) is 3.86. The summed E-state index contributed by atoms with van der Waals surface area (Å²) in [6.45, 7) is 5.40. The highest BCUT2D eigenvalue weighted by molar-refractivity contribution is 5.93. The SMILES string of the molecule is COc1ccc(-c2noc(N3CCCC(C(=O)Nc4cc(C)cc(C)c4)C3)n2)cc1. The maximum absolute atomic E-state index is 12.8. The first-order valence-corrected chi connectivity index (χ1v) is 10.1. The van der Waals surface area contributed by atoms with Crippen molar-refractivity contribution in [1.29, 1.82) is 0 Å². The van der Waals surface area contributed by atoms with Gasteiger partial charge in [-0.3, -0.25) is 4.79 Å². The first-order valence-electron chi connectivity index (χ1n) is 10.1. The number of aryl methyl sites for hydroxylation is 2. The van der Waals surface area contributed by atoms with Crippen molar-refractivity contribution in [3.05, 3.63) is 53.6 Å². The molecule has 2 heterocycles. The van der Waals surface area contributed by atoms with Gasteiger partial charge < -0.3 is 19.5 Å². The minimum atomic E-state index is -0.129. The van der Waals surface area contributed by atoms with E-state index in [4.69, 9.17) is 9.26 Å². The van der Waals surface area contributed by atoms with Crippen LogP contribution in [-0.4, -0.2) is 36.2 Å². The minimum Gasteiger partial charge on any atom is -0.497 e. The molecule has 0 spiro atoms. The Morgan fingerprint density at radius 3 is 2.60 bits per heavy atom. The van der Waals surface area contributed by atoms with E-state index >= 15 is 0 Å². The van der Waals surface area contributed by atoms with Crippen LogP contribution in [0, 0.1) is 19.8 Å². The van der Waals surface area contributed by atoms with Crippen molar-refractivity contribution in [3.8, 4) is 17.1 Å². The lowest BCUT2D eigenvalue weighted by molar-refractivity contribution is -0.120. The van der Waals surface area contributed by atoms with Crippen LogP contribution in [0.15, 0.2) is 47.0 Å². The first kappa shape index (κ1) is 19.9. The van der Waals surface area contributed by atoms with Gasteiger partial charge in [0.05, 0.1) is 13.0 Å². The van der Waals surface area contributed by atoms with E-state index in [1.165, 1.54) is 0 Å². The van der Waals surface area contributed by atoms with E-state index in [-0.39, 0.29) is 11.8 Å². The van der Waals surface area contributed by atoms with Crippen molar-refractivity contribution >= 4 is 17.6 Å². The maximum atomic E-state index is 12.8. The van der Waals surface area contributed by atoms with E-state index in [9.17, 15) is 4.79 Å². The Morgan fingerprint density at radius 2 is 1.90 bits per heavy atom. The number of nitrogens with zero attached hydrogens (tertiary/aromatic N) is 3. The monoisotopic (exact) mass is 406 g/mol. The van der Waals surface area contributed by atoms with Crippen LogP contribution in [0.2, 0.25) is 0 Å². The summed E-state index contributed by atoms with van der Waals surface area (Å²) in [5.74, 6) is 1.20. The second-order valence-electron chi connectivity index (χ2n) is 7.78. The molecular weight excluding hydrogens is 380 g/mol. The van der Waals surface area contributed by atoms with Crippen molar-refractivity contribution in [3.63, 3.8) is 0 Å². The van der Waals surface area contributed by atoms with Crippen LogP contribution in [0.3, 0.4) is 0 Å². The normalized spacial score (nSPS) is 16.4. The number of piperidine rings is 1. The fraction of sp³-hybridized carbons (Fsp3) is 0.348. The Labute approximate surface area is 176 Å². The summed E-state index contributed by atoms with van der Waals surface area (Å²) in [6.07, 6.45) is 1.73. The molecule has 1 fully saturated rings. The quantitative estimate of drug-likeness (QED) is 0.683. The smallest absolute Gasteiger partial charge is 0.324 e. The van der Waals surface area contributed by atoms with Gasteiger partial charge in [0, 0.05) is 24.3 Å². The standard InChI is InChI=1S/C23H26N4O3/c1-15-11-16(2)13-19(12-15)24-22(28)18-5-4-10-27(14-18)23-25-21(26-30-23)17-6-8-20(29-3)9-7-17/h6-9,11-13,18H,4-5,10,14H2,1-3H3,(H,24,28). The molecule has 1 aromatic heterocycles. The summed E-state index contributed by atoms with van der Waals surface area (Å²) in [5.41, 5.74) is 3.96. The molecule has 7 heteroatoms. The van der Waals surface area contributed by atoms with Gasteiger partial charge in [0.25, 0.3) is 0 Å². The van der Waals surface area contributed by atoms with Crippen LogP contribution in [-0.2, 0) is 4.79 Å². The van der Waals surface area contributed by atoms with Crippen molar-refractivity contribution in [2.24, 2.45) is 5.92 Å². The summed E-state index contributed by atoms with van der Waals surface area (Å²) in [7, 11) is 1.63. The maximum Gasteiger partial charge on any atom is 0.324 e. The van der Waals surface area contributed by atoms with Gasteiger partial charge in [-0.2, -0.15) is 4.98 Å². The number of aromatic nitrogens is 2. The molecule has 0 radical (unpaired) electrons. The van der Waals surface area contributed by atoms with Gasteiger partial charge in [-0.05, 0) is 74.2 Å². The number of nitrogens with one attached hydrogen (secondary N) is 1. The van der Waals surface area contributed by atoms with Crippen molar-refractivity contribution in [1.82, 2.24) is 10.1 Å². The minimum absolute atomic E-state index is 0.0274. The van der Waals surface area contributed by atoms with Crippen LogP contribution < -0.4 is 15.0 Å². The predicted octanol–water partition coefficient (Wildman–Crippen LogP) is 4.22. The molecule has 1 atom stereocenters. The molecule has 1 aliphatic rings. The molecule has 1 aliphatic heterocycles. The van der Waals surface area contributed by atoms with Crippen molar-refractivity contribution in [2.45, 2.75) is 26.7 Å². The van der Waals surface area contributed by atoms with E-state index in [0.717, 1.165) is 47.5 Å². The average molecular weight is 406 g/mol. The molecule has 0 aliphatic carbocycles. The largest absolute Gasteiger partial charge is 0.497 e.